The fourth-order valence-corrected chi connectivity index (χ4v) is 2.77. The minimum atomic E-state index is -0.305. The van der Waals surface area contributed by atoms with E-state index in [9.17, 15) is 4.79 Å². The van der Waals surface area contributed by atoms with E-state index in [1.165, 1.54) is 6.20 Å². The van der Waals surface area contributed by atoms with Crippen LogP contribution in [0.3, 0.4) is 0 Å². The van der Waals surface area contributed by atoms with E-state index in [-0.39, 0.29) is 5.91 Å². The molecule has 3 heterocycles. The van der Waals surface area contributed by atoms with Crippen molar-refractivity contribution < 1.29 is 9.53 Å². The molecular formula is C21H21N7O2. The molecule has 0 saturated carbocycles. The normalized spacial score (nSPS) is 11.0. The van der Waals surface area contributed by atoms with Gasteiger partial charge in [0.15, 0.2) is 11.3 Å². The summed E-state index contributed by atoms with van der Waals surface area (Å²) in [5, 5.41) is 9.67. The Labute approximate surface area is 173 Å². The van der Waals surface area contributed by atoms with Gasteiger partial charge in [-0.1, -0.05) is 0 Å². The second-order valence-electron chi connectivity index (χ2n) is 6.90. The van der Waals surface area contributed by atoms with Crippen molar-refractivity contribution >= 4 is 22.9 Å². The molecule has 0 radical (unpaired) electrons. The van der Waals surface area contributed by atoms with Crippen LogP contribution in [0.15, 0.2) is 55.0 Å². The topological polar surface area (TPSA) is 109 Å². The van der Waals surface area contributed by atoms with Gasteiger partial charge >= 0.3 is 0 Å². The highest BCUT2D eigenvalue weighted by molar-refractivity contribution is 6.06. The van der Waals surface area contributed by atoms with Crippen molar-refractivity contribution in [2.45, 2.75) is 0 Å². The number of likely N-dealkylation sites (N-methyl/N-ethyl adjacent to an activating group) is 1. The summed E-state index contributed by atoms with van der Waals surface area (Å²) in [4.78, 5) is 27.4. The van der Waals surface area contributed by atoms with Crippen LogP contribution in [0.2, 0.25) is 0 Å². The van der Waals surface area contributed by atoms with E-state index in [0.717, 1.165) is 17.9 Å². The zero-order valence-electron chi connectivity index (χ0n) is 16.7. The molecule has 0 unspecified atom stereocenters. The maximum absolute atomic E-state index is 12.4. The van der Waals surface area contributed by atoms with E-state index in [4.69, 9.17) is 4.74 Å². The van der Waals surface area contributed by atoms with Crippen molar-refractivity contribution in [3.05, 3.63) is 60.6 Å². The lowest BCUT2D eigenvalue weighted by atomic mass is 10.1. The predicted octanol–water partition coefficient (Wildman–Crippen LogP) is 2.61. The standard InChI is InChI=1S/C21H21N7O2/c1-28(2)10-11-30-16-7-5-14(6-8-16)17-13-23-19-18(24-17)20(27-26-19)25-21(29)15-4-3-9-22-12-15/h3-9,12-13H,10-11H2,1-2H3,(H2,23,25,26,27,29). The highest BCUT2D eigenvalue weighted by Gasteiger charge is 2.14. The van der Waals surface area contributed by atoms with Gasteiger partial charge in [-0.25, -0.2) is 9.97 Å². The minimum Gasteiger partial charge on any atom is -0.492 e. The van der Waals surface area contributed by atoms with Gasteiger partial charge < -0.3 is 15.0 Å². The first kappa shape index (κ1) is 19.5. The number of hydrogen-bond acceptors (Lipinski definition) is 7. The van der Waals surface area contributed by atoms with Crippen molar-refractivity contribution in [1.82, 2.24) is 30.0 Å². The Morgan fingerprint density at radius 1 is 1.17 bits per heavy atom. The van der Waals surface area contributed by atoms with Crippen LogP contribution in [0.25, 0.3) is 22.4 Å². The number of aromatic nitrogens is 5. The Bertz CT molecular complexity index is 1140. The molecule has 4 aromatic rings. The Morgan fingerprint density at radius 2 is 2.00 bits per heavy atom. The number of pyridine rings is 1. The lowest BCUT2D eigenvalue weighted by Crippen LogP contribution is -2.19. The van der Waals surface area contributed by atoms with Crippen LogP contribution in [0.4, 0.5) is 5.82 Å². The van der Waals surface area contributed by atoms with Crippen LogP contribution in [0, 0.1) is 0 Å². The van der Waals surface area contributed by atoms with Gasteiger partial charge in [-0.2, -0.15) is 5.10 Å². The quantitative estimate of drug-likeness (QED) is 0.488. The zero-order valence-corrected chi connectivity index (χ0v) is 16.7. The van der Waals surface area contributed by atoms with E-state index < -0.39 is 0 Å². The third-order valence-electron chi connectivity index (χ3n) is 4.38. The summed E-state index contributed by atoms with van der Waals surface area (Å²) in [5.74, 6) is 0.874. The number of hydrogen-bond donors (Lipinski definition) is 2. The van der Waals surface area contributed by atoms with Gasteiger partial charge in [0.05, 0.1) is 17.5 Å². The summed E-state index contributed by atoms with van der Waals surface area (Å²) < 4.78 is 5.73. The molecule has 2 N–H and O–H groups in total. The van der Waals surface area contributed by atoms with Crippen LogP contribution < -0.4 is 10.1 Å². The van der Waals surface area contributed by atoms with E-state index in [1.807, 2.05) is 38.4 Å². The number of H-pyrrole nitrogens is 1. The summed E-state index contributed by atoms with van der Waals surface area (Å²) in [6.45, 7) is 1.46. The third-order valence-corrected chi connectivity index (χ3v) is 4.38. The second kappa shape index (κ2) is 8.66. The highest BCUT2D eigenvalue weighted by atomic mass is 16.5. The van der Waals surface area contributed by atoms with Crippen LogP contribution >= 0.6 is 0 Å². The van der Waals surface area contributed by atoms with Crippen molar-refractivity contribution in [2.75, 3.05) is 32.6 Å². The summed E-state index contributed by atoms with van der Waals surface area (Å²) in [6, 6.07) is 11.0. The van der Waals surface area contributed by atoms with Crippen LogP contribution in [0.1, 0.15) is 10.4 Å². The molecule has 152 valence electrons. The lowest BCUT2D eigenvalue weighted by Gasteiger charge is -2.11. The number of nitrogens with one attached hydrogen (secondary N) is 2. The van der Waals surface area contributed by atoms with Crippen molar-refractivity contribution in [3.8, 4) is 17.0 Å². The number of carbonyl (C=O) groups excluding carboxylic acids is 1. The molecule has 0 bridgehead atoms. The number of nitrogens with zero attached hydrogens (tertiary/aromatic N) is 5. The number of carbonyl (C=O) groups is 1. The average Bonchev–Trinajstić information content (AvgIpc) is 3.16. The van der Waals surface area contributed by atoms with Gasteiger partial charge in [0.2, 0.25) is 5.65 Å². The van der Waals surface area contributed by atoms with Gasteiger partial charge in [0.25, 0.3) is 5.91 Å². The molecule has 0 aliphatic rings. The van der Waals surface area contributed by atoms with Gasteiger partial charge in [-0.05, 0) is 50.5 Å². The molecule has 1 amide bonds. The molecule has 0 spiro atoms. The number of amides is 1. The molecule has 0 saturated heterocycles. The SMILES string of the molecule is CN(C)CCOc1ccc(-c2cnc3n[nH]c(NC(=O)c4cccnc4)c3n2)cc1. The van der Waals surface area contributed by atoms with Crippen LogP contribution in [0.5, 0.6) is 5.75 Å². The second-order valence-corrected chi connectivity index (χ2v) is 6.90. The molecule has 3 aromatic heterocycles. The average molecular weight is 403 g/mol. The fourth-order valence-electron chi connectivity index (χ4n) is 2.77. The molecule has 0 aliphatic heterocycles. The number of ether oxygens (including phenoxy) is 1. The van der Waals surface area contributed by atoms with E-state index in [1.54, 1.807) is 24.5 Å². The molecule has 1 aromatic carbocycles. The number of rotatable bonds is 7. The largest absolute Gasteiger partial charge is 0.492 e. The Hall–Kier alpha value is -3.85. The molecule has 9 nitrogen and oxygen atoms in total. The van der Waals surface area contributed by atoms with Gasteiger partial charge in [-0.15, -0.1) is 0 Å². The summed E-state index contributed by atoms with van der Waals surface area (Å²) >= 11 is 0. The number of aromatic amines is 1. The first-order chi connectivity index (χ1) is 14.6. The first-order valence-electron chi connectivity index (χ1n) is 9.40. The van der Waals surface area contributed by atoms with Crippen LogP contribution in [-0.2, 0) is 0 Å². The Balaban J connectivity index is 1.53. The van der Waals surface area contributed by atoms with Gasteiger partial charge in [0, 0.05) is 24.5 Å². The molecule has 30 heavy (non-hydrogen) atoms. The highest BCUT2D eigenvalue weighted by Crippen LogP contribution is 2.24. The molecule has 4 rings (SSSR count). The fraction of sp³-hybridized carbons (Fsp3) is 0.190. The smallest absolute Gasteiger partial charge is 0.258 e. The van der Waals surface area contributed by atoms with Crippen molar-refractivity contribution in [2.24, 2.45) is 0 Å². The monoisotopic (exact) mass is 403 g/mol. The molecular weight excluding hydrogens is 382 g/mol. The first-order valence-corrected chi connectivity index (χ1v) is 9.40. The third kappa shape index (κ3) is 4.41. The maximum atomic E-state index is 12.4. The zero-order chi connectivity index (χ0) is 20.9. The summed E-state index contributed by atoms with van der Waals surface area (Å²) in [5.41, 5.74) is 2.89. The van der Waals surface area contributed by atoms with E-state index in [2.05, 4.69) is 35.4 Å². The summed E-state index contributed by atoms with van der Waals surface area (Å²) in [6.07, 6.45) is 4.75. The van der Waals surface area contributed by atoms with Gasteiger partial charge in [-0.3, -0.25) is 14.9 Å². The number of anilines is 1. The molecule has 0 aliphatic carbocycles. The van der Waals surface area contributed by atoms with Crippen molar-refractivity contribution in [3.63, 3.8) is 0 Å². The predicted molar refractivity (Wildman–Crippen MR) is 113 cm³/mol. The van der Waals surface area contributed by atoms with E-state index >= 15 is 0 Å². The minimum absolute atomic E-state index is 0.305. The lowest BCUT2D eigenvalue weighted by molar-refractivity contribution is 0.102. The maximum Gasteiger partial charge on any atom is 0.258 e. The molecule has 0 atom stereocenters. The molecule has 0 fully saturated rings. The van der Waals surface area contributed by atoms with Crippen LogP contribution in [-0.4, -0.2) is 63.2 Å². The summed E-state index contributed by atoms with van der Waals surface area (Å²) in [7, 11) is 4.01. The van der Waals surface area contributed by atoms with Gasteiger partial charge in [0.1, 0.15) is 12.4 Å². The van der Waals surface area contributed by atoms with E-state index in [0.29, 0.717) is 34.8 Å². The van der Waals surface area contributed by atoms with Crippen molar-refractivity contribution in [1.29, 1.82) is 0 Å². The Morgan fingerprint density at radius 3 is 2.73 bits per heavy atom. The Kier molecular flexibility index (Phi) is 5.62. The number of fused-ring (bicyclic) bond motifs is 1. The molecule has 9 heteroatoms. The number of benzene rings is 1.